The lowest BCUT2D eigenvalue weighted by Gasteiger charge is -2.33. The van der Waals surface area contributed by atoms with Crippen LogP contribution in [-0.2, 0) is 15.7 Å². The Bertz CT molecular complexity index is 1560. The summed E-state index contributed by atoms with van der Waals surface area (Å²) in [7, 11) is 0. The molecule has 0 unspecified atom stereocenters. The van der Waals surface area contributed by atoms with Crippen LogP contribution in [0.4, 0.5) is 40.3 Å². The molecule has 0 bridgehead atoms. The van der Waals surface area contributed by atoms with Crippen LogP contribution in [0.15, 0.2) is 60.7 Å². The minimum Gasteiger partial charge on any atom is -0.378 e. The van der Waals surface area contributed by atoms with Gasteiger partial charge in [-0.25, -0.2) is 9.37 Å². The van der Waals surface area contributed by atoms with E-state index in [0.717, 1.165) is 42.3 Å². The van der Waals surface area contributed by atoms with Gasteiger partial charge in [-0.3, -0.25) is 0 Å². The van der Waals surface area contributed by atoms with Crippen LogP contribution in [0.5, 0.6) is 0 Å². The van der Waals surface area contributed by atoms with Crippen molar-refractivity contribution in [1.29, 1.82) is 0 Å². The normalized spacial score (nSPS) is 16.3. The van der Waals surface area contributed by atoms with Crippen LogP contribution in [0, 0.1) is 12.7 Å². The van der Waals surface area contributed by atoms with E-state index in [0.29, 0.717) is 56.2 Å². The molecule has 0 amide bonds. The highest BCUT2D eigenvalue weighted by atomic mass is 19.4. The molecule has 2 aliphatic heterocycles. The number of alkyl halides is 3. The van der Waals surface area contributed by atoms with E-state index in [1.54, 1.807) is 18.2 Å². The first-order chi connectivity index (χ1) is 19.8. The van der Waals surface area contributed by atoms with E-state index in [1.165, 1.54) is 12.1 Å². The van der Waals surface area contributed by atoms with Crippen LogP contribution in [0.3, 0.4) is 0 Å². The number of nitrogens with zero attached hydrogens (tertiary/aromatic N) is 3. The molecular weight excluding hydrogens is 536 g/mol. The average molecular weight is 567 g/mol. The van der Waals surface area contributed by atoms with Gasteiger partial charge in [-0.1, -0.05) is 18.2 Å². The van der Waals surface area contributed by atoms with Gasteiger partial charge in [0, 0.05) is 42.8 Å². The Kier molecular flexibility index (Phi) is 7.44. The molecule has 4 aromatic rings. The fourth-order valence-electron chi connectivity index (χ4n) is 5.47. The Balaban J connectivity index is 1.53. The van der Waals surface area contributed by atoms with Crippen LogP contribution in [-0.4, -0.2) is 57.6 Å². The molecule has 0 radical (unpaired) electrons. The lowest BCUT2D eigenvalue weighted by Crippen LogP contribution is -2.37. The van der Waals surface area contributed by atoms with Crippen LogP contribution in [0.2, 0.25) is 0 Å². The first-order valence-corrected chi connectivity index (χ1v) is 13.6. The second-order valence-electron chi connectivity index (χ2n) is 10.2. The van der Waals surface area contributed by atoms with Gasteiger partial charge in [0.1, 0.15) is 5.82 Å². The Morgan fingerprint density at radius 2 is 1.51 bits per heavy atom. The zero-order valence-electron chi connectivity index (χ0n) is 22.6. The van der Waals surface area contributed by atoms with Crippen molar-refractivity contribution in [3.63, 3.8) is 0 Å². The predicted octanol–water partition coefficient (Wildman–Crippen LogP) is 6.78. The number of ether oxygens (including phenoxy) is 2. The van der Waals surface area contributed by atoms with E-state index in [-0.39, 0.29) is 16.8 Å². The third-order valence-corrected chi connectivity index (χ3v) is 7.65. The summed E-state index contributed by atoms with van der Waals surface area (Å²) in [6.07, 6.45) is -4.54. The molecule has 0 spiro atoms. The first kappa shape index (κ1) is 27.3. The minimum absolute atomic E-state index is 0.128. The van der Waals surface area contributed by atoms with Crippen molar-refractivity contribution in [2.75, 3.05) is 67.7 Å². The van der Waals surface area contributed by atoms with Crippen LogP contribution < -0.4 is 15.1 Å². The molecule has 6 rings (SSSR count). The second kappa shape index (κ2) is 11.2. The molecule has 41 heavy (non-hydrogen) atoms. The molecule has 214 valence electrons. The van der Waals surface area contributed by atoms with Crippen molar-refractivity contribution in [2.45, 2.75) is 13.1 Å². The highest BCUT2D eigenvalue weighted by Crippen LogP contribution is 2.41. The molecule has 6 nitrogen and oxygen atoms in total. The second-order valence-corrected chi connectivity index (χ2v) is 10.2. The zero-order valence-corrected chi connectivity index (χ0v) is 22.6. The van der Waals surface area contributed by atoms with Crippen molar-refractivity contribution in [3.8, 4) is 11.3 Å². The number of hydrogen-bond donors (Lipinski definition) is 1. The summed E-state index contributed by atoms with van der Waals surface area (Å²) in [4.78, 5) is 9.03. The maximum atomic E-state index is 15.0. The highest BCUT2D eigenvalue weighted by Gasteiger charge is 2.31. The molecule has 2 saturated heterocycles. The van der Waals surface area contributed by atoms with Gasteiger partial charge in [-0.05, 0) is 55.0 Å². The largest absolute Gasteiger partial charge is 0.416 e. The lowest BCUT2D eigenvalue weighted by atomic mass is 9.99. The van der Waals surface area contributed by atoms with Crippen LogP contribution in [0.1, 0.15) is 11.1 Å². The van der Waals surface area contributed by atoms with Crippen molar-refractivity contribution in [3.05, 3.63) is 77.6 Å². The minimum atomic E-state index is -4.54. The van der Waals surface area contributed by atoms with Gasteiger partial charge in [0.25, 0.3) is 0 Å². The Morgan fingerprint density at radius 1 is 0.829 bits per heavy atom. The average Bonchev–Trinajstić information content (AvgIpc) is 2.99. The van der Waals surface area contributed by atoms with E-state index in [1.807, 2.05) is 6.92 Å². The van der Waals surface area contributed by atoms with Gasteiger partial charge in [-0.15, -0.1) is 0 Å². The number of halogens is 4. The Hall–Kier alpha value is -3.89. The summed E-state index contributed by atoms with van der Waals surface area (Å²) in [5.41, 5.74) is 3.80. The summed E-state index contributed by atoms with van der Waals surface area (Å²) in [5, 5.41) is 4.08. The fourth-order valence-corrected chi connectivity index (χ4v) is 5.47. The number of anilines is 4. The maximum absolute atomic E-state index is 15.0. The number of pyridine rings is 1. The number of fused-ring (bicyclic) bond motifs is 1. The number of rotatable bonds is 5. The van der Waals surface area contributed by atoms with E-state index in [2.05, 4.69) is 38.3 Å². The number of aromatic nitrogens is 1. The van der Waals surface area contributed by atoms with E-state index in [9.17, 15) is 17.6 Å². The number of nitrogens with one attached hydrogen (secondary N) is 1. The highest BCUT2D eigenvalue weighted by molar-refractivity contribution is 5.99. The summed E-state index contributed by atoms with van der Waals surface area (Å²) in [6, 6.07) is 15.9. The van der Waals surface area contributed by atoms with E-state index in [4.69, 9.17) is 9.47 Å². The molecule has 3 heterocycles. The molecule has 10 heteroatoms. The van der Waals surface area contributed by atoms with Crippen molar-refractivity contribution >= 4 is 33.7 Å². The molecule has 1 N–H and O–H groups in total. The van der Waals surface area contributed by atoms with Gasteiger partial charge in [-0.2, -0.15) is 13.2 Å². The summed E-state index contributed by atoms with van der Waals surface area (Å²) >= 11 is 0. The summed E-state index contributed by atoms with van der Waals surface area (Å²) in [5.74, 6) is -0.497. The predicted molar refractivity (Wildman–Crippen MR) is 153 cm³/mol. The molecule has 0 saturated carbocycles. The smallest absolute Gasteiger partial charge is 0.378 e. The van der Waals surface area contributed by atoms with Gasteiger partial charge >= 0.3 is 6.18 Å². The van der Waals surface area contributed by atoms with Gasteiger partial charge in [0.2, 0.25) is 0 Å². The third-order valence-electron chi connectivity index (χ3n) is 7.65. The summed E-state index contributed by atoms with van der Waals surface area (Å²) < 4.78 is 67.1. The monoisotopic (exact) mass is 566 g/mol. The molecule has 0 atom stereocenters. The van der Waals surface area contributed by atoms with E-state index < -0.39 is 17.6 Å². The Labute approximate surface area is 235 Å². The van der Waals surface area contributed by atoms with Gasteiger partial charge in [0.15, 0.2) is 0 Å². The first-order valence-electron chi connectivity index (χ1n) is 13.6. The third kappa shape index (κ3) is 5.54. The SMILES string of the molecule is Cc1c(-c2ccccc2F)nc2cc(C(F)(F)F)ccc2c1Nc1cc(N2CCOCC2)ccc1N1CCOCC1. The topological polar surface area (TPSA) is 49.9 Å². The van der Waals surface area contributed by atoms with Crippen molar-refractivity contribution in [1.82, 2.24) is 4.98 Å². The maximum Gasteiger partial charge on any atom is 0.416 e. The lowest BCUT2D eigenvalue weighted by molar-refractivity contribution is -0.137. The molecule has 2 aliphatic rings. The molecule has 3 aromatic carbocycles. The molecule has 2 fully saturated rings. The standard InChI is InChI=1S/C31H30F4N4O2/c1-20-29(23-4-2-3-5-25(23)32)36-26-18-21(31(33,34)35)6-8-24(26)30(20)37-27-19-22(38-10-14-40-15-11-38)7-9-28(27)39-12-16-41-17-13-39/h2-9,18-19H,10-17H2,1H3,(H,36,37). The van der Waals surface area contributed by atoms with Gasteiger partial charge < -0.3 is 24.6 Å². The van der Waals surface area contributed by atoms with Crippen molar-refractivity contribution < 1.29 is 27.0 Å². The number of morpholine rings is 2. The molecule has 0 aliphatic carbocycles. The fraction of sp³-hybridized carbons (Fsp3) is 0.323. The van der Waals surface area contributed by atoms with Crippen LogP contribution >= 0.6 is 0 Å². The summed E-state index contributed by atoms with van der Waals surface area (Å²) in [6.45, 7) is 7.20. The molecule has 1 aromatic heterocycles. The quantitative estimate of drug-likeness (QED) is 0.269. The van der Waals surface area contributed by atoms with Crippen molar-refractivity contribution in [2.24, 2.45) is 0 Å². The van der Waals surface area contributed by atoms with Crippen LogP contribution in [0.25, 0.3) is 22.2 Å². The Morgan fingerprint density at radius 3 is 2.20 bits per heavy atom. The zero-order chi connectivity index (χ0) is 28.6. The number of benzene rings is 3. The molecular formula is C31H30F4N4O2. The van der Waals surface area contributed by atoms with Gasteiger partial charge in [0.05, 0.1) is 60.3 Å². The number of hydrogen-bond acceptors (Lipinski definition) is 6. The van der Waals surface area contributed by atoms with E-state index >= 15 is 0 Å².